The van der Waals surface area contributed by atoms with Crippen LogP contribution in [-0.4, -0.2) is 4.98 Å². The smallest absolute Gasteiger partial charge is 0.0529 e. The average Bonchev–Trinajstić information content (AvgIpc) is 2.05. The minimum absolute atomic E-state index is 0.907. The molecule has 0 aliphatic rings. The number of pyridine rings is 1. The van der Waals surface area contributed by atoms with Crippen molar-refractivity contribution in [3.63, 3.8) is 0 Å². The SMILES string of the molecule is C#Cc1cc(CC)cnc1C. The molecule has 1 aromatic rings. The molecule has 11 heavy (non-hydrogen) atoms. The van der Waals surface area contributed by atoms with Gasteiger partial charge in [0.25, 0.3) is 0 Å². The molecule has 1 aromatic heterocycles. The van der Waals surface area contributed by atoms with Gasteiger partial charge in [0, 0.05) is 11.8 Å². The summed E-state index contributed by atoms with van der Waals surface area (Å²) in [5.41, 5.74) is 3.04. The molecule has 0 aliphatic heterocycles. The van der Waals surface area contributed by atoms with Crippen LogP contribution < -0.4 is 0 Å². The lowest BCUT2D eigenvalue weighted by molar-refractivity contribution is 1.07. The molecule has 0 saturated heterocycles. The van der Waals surface area contributed by atoms with E-state index in [9.17, 15) is 0 Å². The van der Waals surface area contributed by atoms with E-state index in [0.29, 0.717) is 0 Å². The van der Waals surface area contributed by atoms with Crippen molar-refractivity contribution in [3.05, 3.63) is 29.1 Å². The zero-order valence-corrected chi connectivity index (χ0v) is 6.89. The Morgan fingerprint density at radius 2 is 2.36 bits per heavy atom. The first-order valence-corrected chi connectivity index (χ1v) is 3.70. The van der Waals surface area contributed by atoms with Crippen molar-refractivity contribution in [2.75, 3.05) is 0 Å². The molecule has 0 amide bonds. The molecule has 0 spiro atoms. The predicted octanol–water partition coefficient (Wildman–Crippen LogP) is 1.93. The van der Waals surface area contributed by atoms with Crippen LogP contribution in [0.15, 0.2) is 12.3 Å². The molecule has 0 atom stereocenters. The molecule has 0 aliphatic carbocycles. The van der Waals surface area contributed by atoms with Gasteiger partial charge in [0.2, 0.25) is 0 Å². The van der Waals surface area contributed by atoms with Gasteiger partial charge in [-0.15, -0.1) is 6.42 Å². The Labute approximate surface area is 67.5 Å². The van der Waals surface area contributed by atoms with Gasteiger partial charge < -0.3 is 0 Å². The van der Waals surface area contributed by atoms with Gasteiger partial charge in [0.15, 0.2) is 0 Å². The maximum atomic E-state index is 5.28. The molecule has 1 nitrogen and oxygen atoms in total. The largest absolute Gasteiger partial charge is 0.260 e. The van der Waals surface area contributed by atoms with Crippen LogP contribution in [0.25, 0.3) is 0 Å². The van der Waals surface area contributed by atoms with Crippen LogP contribution in [0.2, 0.25) is 0 Å². The molecule has 0 radical (unpaired) electrons. The van der Waals surface area contributed by atoms with Crippen molar-refractivity contribution >= 4 is 0 Å². The Bertz CT molecular complexity index is 294. The van der Waals surface area contributed by atoms with Crippen LogP contribution in [0, 0.1) is 19.3 Å². The maximum absolute atomic E-state index is 5.28. The van der Waals surface area contributed by atoms with Crippen molar-refractivity contribution in [2.45, 2.75) is 20.3 Å². The summed E-state index contributed by atoms with van der Waals surface area (Å²) >= 11 is 0. The van der Waals surface area contributed by atoms with Crippen molar-refractivity contribution < 1.29 is 0 Å². The number of rotatable bonds is 1. The van der Waals surface area contributed by atoms with Gasteiger partial charge in [0.05, 0.1) is 5.69 Å². The van der Waals surface area contributed by atoms with E-state index in [1.807, 2.05) is 19.2 Å². The summed E-state index contributed by atoms with van der Waals surface area (Å²) in [7, 11) is 0. The first-order valence-electron chi connectivity index (χ1n) is 3.70. The maximum Gasteiger partial charge on any atom is 0.0529 e. The van der Waals surface area contributed by atoms with E-state index in [-0.39, 0.29) is 0 Å². The molecule has 0 bridgehead atoms. The van der Waals surface area contributed by atoms with Gasteiger partial charge in [-0.3, -0.25) is 4.98 Å². The second kappa shape index (κ2) is 3.21. The lowest BCUT2D eigenvalue weighted by Crippen LogP contribution is -1.90. The Morgan fingerprint density at radius 1 is 1.64 bits per heavy atom. The quantitative estimate of drug-likeness (QED) is 0.550. The minimum Gasteiger partial charge on any atom is -0.260 e. The fraction of sp³-hybridized carbons (Fsp3) is 0.300. The normalized spacial score (nSPS) is 9.18. The van der Waals surface area contributed by atoms with Gasteiger partial charge in [-0.2, -0.15) is 0 Å². The molecule has 0 aromatic carbocycles. The van der Waals surface area contributed by atoms with E-state index in [4.69, 9.17) is 6.42 Å². The van der Waals surface area contributed by atoms with E-state index in [2.05, 4.69) is 17.8 Å². The summed E-state index contributed by atoms with van der Waals surface area (Å²) in [4.78, 5) is 4.18. The van der Waals surface area contributed by atoms with Gasteiger partial charge in [-0.1, -0.05) is 12.8 Å². The van der Waals surface area contributed by atoms with Gasteiger partial charge in [-0.25, -0.2) is 0 Å². The Hall–Kier alpha value is -1.29. The predicted molar refractivity (Wildman–Crippen MR) is 46.3 cm³/mol. The summed E-state index contributed by atoms with van der Waals surface area (Å²) in [6, 6.07) is 2.02. The third kappa shape index (κ3) is 1.59. The first kappa shape index (κ1) is 7.81. The van der Waals surface area contributed by atoms with Crippen LogP contribution in [-0.2, 0) is 6.42 Å². The summed E-state index contributed by atoms with van der Waals surface area (Å²) in [5, 5.41) is 0. The third-order valence-corrected chi connectivity index (χ3v) is 1.71. The second-order valence-corrected chi connectivity index (χ2v) is 2.47. The van der Waals surface area contributed by atoms with Crippen LogP contribution in [0.3, 0.4) is 0 Å². The summed E-state index contributed by atoms with van der Waals surface area (Å²) < 4.78 is 0. The number of terminal acetylenes is 1. The second-order valence-electron chi connectivity index (χ2n) is 2.47. The molecular formula is C10H11N. The lowest BCUT2D eigenvalue weighted by atomic mass is 10.1. The molecule has 0 saturated carbocycles. The summed E-state index contributed by atoms with van der Waals surface area (Å²) in [6.07, 6.45) is 8.14. The van der Waals surface area contributed by atoms with Crippen molar-refractivity contribution in [1.82, 2.24) is 4.98 Å². The van der Waals surface area contributed by atoms with Crippen LogP contribution >= 0.6 is 0 Å². The van der Waals surface area contributed by atoms with E-state index in [1.165, 1.54) is 5.56 Å². The first-order chi connectivity index (χ1) is 5.27. The fourth-order valence-corrected chi connectivity index (χ4v) is 0.916. The number of nitrogens with zero attached hydrogens (tertiary/aromatic N) is 1. The van der Waals surface area contributed by atoms with Crippen LogP contribution in [0.4, 0.5) is 0 Å². The van der Waals surface area contributed by atoms with Crippen molar-refractivity contribution in [1.29, 1.82) is 0 Å². The minimum atomic E-state index is 0.907. The average molecular weight is 145 g/mol. The highest BCUT2D eigenvalue weighted by atomic mass is 14.7. The highest BCUT2D eigenvalue weighted by Crippen LogP contribution is 2.06. The molecule has 0 unspecified atom stereocenters. The van der Waals surface area contributed by atoms with Crippen molar-refractivity contribution in [3.8, 4) is 12.3 Å². The topological polar surface area (TPSA) is 12.9 Å². The highest BCUT2D eigenvalue weighted by molar-refractivity contribution is 5.37. The Balaban J connectivity index is 3.15. The zero-order valence-electron chi connectivity index (χ0n) is 6.89. The van der Waals surface area contributed by atoms with Gasteiger partial charge >= 0.3 is 0 Å². The number of aryl methyl sites for hydroxylation is 2. The molecule has 1 rings (SSSR count). The van der Waals surface area contributed by atoms with Gasteiger partial charge in [-0.05, 0) is 25.0 Å². The molecule has 1 heteroatoms. The van der Waals surface area contributed by atoms with E-state index in [0.717, 1.165) is 17.7 Å². The number of hydrogen-bond donors (Lipinski definition) is 0. The number of aromatic nitrogens is 1. The van der Waals surface area contributed by atoms with E-state index < -0.39 is 0 Å². The third-order valence-electron chi connectivity index (χ3n) is 1.71. The van der Waals surface area contributed by atoms with Crippen LogP contribution in [0.5, 0.6) is 0 Å². The molecule has 0 N–H and O–H groups in total. The standard InChI is InChI=1S/C10H11N/c1-4-9-6-10(5-2)8(3)11-7-9/h2,6-7H,4H2,1,3H3. The molecule has 0 fully saturated rings. The van der Waals surface area contributed by atoms with Crippen LogP contribution in [0.1, 0.15) is 23.7 Å². The Morgan fingerprint density at radius 3 is 2.91 bits per heavy atom. The zero-order chi connectivity index (χ0) is 8.27. The molecule has 56 valence electrons. The van der Waals surface area contributed by atoms with E-state index >= 15 is 0 Å². The molecule has 1 heterocycles. The fourth-order valence-electron chi connectivity index (χ4n) is 0.916. The van der Waals surface area contributed by atoms with Gasteiger partial charge in [0.1, 0.15) is 0 Å². The van der Waals surface area contributed by atoms with Crippen molar-refractivity contribution in [2.24, 2.45) is 0 Å². The van der Waals surface area contributed by atoms with E-state index in [1.54, 1.807) is 0 Å². The summed E-state index contributed by atoms with van der Waals surface area (Å²) in [5.74, 6) is 2.61. The Kier molecular flexibility index (Phi) is 2.28. The summed E-state index contributed by atoms with van der Waals surface area (Å²) in [6.45, 7) is 4.02. The lowest BCUT2D eigenvalue weighted by Gasteiger charge is -1.99. The molecular weight excluding hydrogens is 134 g/mol. The number of hydrogen-bond acceptors (Lipinski definition) is 1. The highest BCUT2D eigenvalue weighted by Gasteiger charge is 1.96. The monoisotopic (exact) mass is 145 g/mol.